The Labute approximate surface area is 145 Å². The second kappa shape index (κ2) is 7.52. The van der Waals surface area contributed by atoms with Crippen LogP contribution in [0.5, 0.6) is 0 Å². The number of carbonyl (C=O) groups excluding carboxylic acids is 2. The minimum atomic E-state index is -0.413. The van der Waals surface area contributed by atoms with E-state index in [1.165, 1.54) is 0 Å². The van der Waals surface area contributed by atoms with Crippen LogP contribution in [0, 0.1) is 0 Å². The molecule has 1 aliphatic heterocycles. The van der Waals surface area contributed by atoms with Crippen LogP contribution in [0.25, 0.3) is 0 Å². The Morgan fingerprint density at radius 1 is 1.44 bits per heavy atom. The Hall–Kier alpha value is -2.61. The van der Waals surface area contributed by atoms with Gasteiger partial charge in [0.15, 0.2) is 5.76 Å². The van der Waals surface area contributed by atoms with Crippen molar-refractivity contribution in [2.24, 2.45) is 5.73 Å². The van der Waals surface area contributed by atoms with E-state index in [1.807, 2.05) is 0 Å². The number of ether oxygens (including phenoxy) is 1. The van der Waals surface area contributed by atoms with E-state index in [0.29, 0.717) is 31.2 Å². The number of piperidine rings is 1. The van der Waals surface area contributed by atoms with Crippen LogP contribution in [-0.2, 0) is 22.7 Å². The summed E-state index contributed by atoms with van der Waals surface area (Å²) in [6.45, 7) is 1.64. The fraction of sp³-hybridized carbons (Fsp3) is 0.471. The Kier molecular flexibility index (Phi) is 5.18. The highest BCUT2D eigenvalue weighted by atomic mass is 16.5. The molecule has 25 heavy (non-hydrogen) atoms. The first kappa shape index (κ1) is 17.2. The maximum atomic E-state index is 12.7. The molecule has 1 aliphatic rings. The fourth-order valence-corrected chi connectivity index (χ4v) is 3.22. The second-order valence-corrected chi connectivity index (χ2v) is 6.17. The molecule has 2 amide bonds. The lowest BCUT2D eigenvalue weighted by molar-refractivity contribution is -0.118. The largest absolute Gasteiger partial charge is 0.453 e. The summed E-state index contributed by atoms with van der Waals surface area (Å²) in [7, 11) is 1.58. The van der Waals surface area contributed by atoms with E-state index < -0.39 is 5.91 Å². The predicted molar refractivity (Wildman–Crippen MR) is 88.7 cm³/mol. The molecule has 0 radical (unpaired) electrons. The number of nitrogens with zero attached hydrogens (tertiary/aromatic N) is 3. The lowest BCUT2D eigenvalue weighted by Gasteiger charge is -2.32. The number of hydrogen-bond donors (Lipinski definition) is 1. The van der Waals surface area contributed by atoms with Crippen molar-refractivity contribution in [1.29, 1.82) is 0 Å². The highest BCUT2D eigenvalue weighted by Crippen LogP contribution is 2.27. The Bertz CT molecular complexity index is 751. The van der Waals surface area contributed by atoms with Crippen LogP contribution < -0.4 is 5.73 Å². The summed E-state index contributed by atoms with van der Waals surface area (Å²) in [5.41, 5.74) is 5.29. The zero-order valence-electron chi connectivity index (χ0n) is 14.2. The molecule has 8 nitrogen and oxygen atoms in total. The molecule has 0 bridgehead atoms. The predicted octanol–water partition coefficient (Wildman–Crippen LogP) is 1.13. The third-order valence-electron chi connectivity index (χ3n) is 4.31. The van der Waals surface area contributed by atoms with Gasteiger partial charge in [-0.15, -0.1) is 0 Å². The number of methoxy groups -OCH3 is 1. The number of rotatable bonds is 6. The van der Waals surface area contributed by atoms with Gasteiger partial charge >= 0.3 is 0 Å². The van der Waals surface area contributed by atoms with Crippen LogP contribution >= 0.6 is 0 Å². The molecule has 1 unspecified atom stereocenters. The molecule has 0 aliphatic carbocycles. The van der Waals surface area contributed by atoms with Gasteiger partial charge in [0, 0.05) is 38.5 Å². The average Bonchev–Trinajstić information content (AvgIpc) is 3.24. The monoisotopic (exact) mass is 346 g/mol. The van der Waals surface area contributed by atoms with Gasteiger partial charge in [-0.25, -0.2) is 4.98 Å². The normalized spacial score (nSPS) is 17.6. The first-order valence-corrected chi connectivity index (χ1v) is 8.24. The van der Waals surface area contributed by atoms with E-state index in [-0.39, 0.29) is 18.4 Å². The van der Waals surface area contributed by atoms with Crippen molar-refractivity contribution in [2.45, 2.75) is 31.9 Å². The molecule has 0 aromatic carbocycles. The first-order chi connectivity index (χ1) is 12.1. The van der Waals surface area contributed by atoms with Crippen LogP contribution in [-0.4, -0.2) is 46.5 Å². The third-order valence-corrected chi connectivity index (χ3v) is 4.31. The van der Waals surface area contributed by atoms with Crippen molar-refractivity contribution in [2.75, 3.05) is 20.2 Å². The average molecular weight is 346 g/mol. The van der Waals surface area contributed by atoms with Gasteiger partial charge in [-0.3, -0.25) is 9.59 Å². The lowest BCUT2D eigenvalue weighted by Crippen LogP contribution is -2.39. The van der Waals surface area contributed by atoms with Gasteiger partial charge in [0.1, 0.15) is 24.7 Å². The number of furan rings is 1. The summed E-state index contributed by atoms with van der Waals surface area (Å²) in [6, 6.07) is 3.42. The summed E-state index contributed by atoms with van der Waals surface area (Å²) in [4.78, 5) is 30.0. The summed E-state index contributed by atoms with van der Waals surface area (Å²) < 4.78 is 12.3. The van der Waals surface area contributed by atoms with E-state index in [2.05, 4.69) is 4.98 Å². The number of aromatic nitrogens is 2. The van der Waals surface area contributed by atoms with Gasteiger partial charge in [-0.1, -0.05) is 0 Å². The third kappa shape index (κ3) is 3.90. The molecule has 2 N–H and O–H groups in total. The highest BCUT2D eigenvalue weighted by Gasteiger charge is 2.29. The number of hydrogen-bond acceptors (Lipinski definition) is 5. The number of carbonyl (C=O) groups is 2. The number of primary amides is 1. The van der Waals surface area contributed by atoms with Gasteiger partial charge in [0.2, 0.25) is 5.91 Å². The summed E-state index contributed by atoms with van der Waals surface area (Å²) in [6.07, 6.45) is 5.17. The number of amides is 2. The highest BCUT2D eigenvalue weighted by molar-refractivity contribution is 5.91. The van der Waals surface area contributed by atoms with Crippen molar-refractivity contribution < 1.29 is 18.7 Å². The van der Waals surface area contributed by atoms with Crippen LogP contribution in [0.1, 0.15) is 40.9 Å². The summed E-state index contributed by atoms with van der Waals surface area (Å²) in [5, 5.41) is 0. The van der Waals surface area contributed by atoms with Crippen molar-refractivity contribution in [1.82, 2.24) is 14.5 Å². The quantitative estimate of drug-likeness (QED) is 0.844. The van der Waals surface area contributed by atoms with Crippen LogP contribution in [0.3, 0.4) is 0 Å². The maximum Gasteiger partial charge on any atom is 0.289 e. The van der Waals surface area contributed by atoms with Crippen molar-refractivity contribution in [3.63, 3.8) is 0 Å². The van der Waals surface area contributed by atoms with Crippen molar-refractivity contribution >= 4 is 11.8 Å². The first-order valence-electron chi connectivity index (χ1n) is 8.24. The molecule has 2 aromatic heterocycles. The molecular weight excluding hydrogens is 324 g/mol. The lowest BCUT2D eigenvalue weighted by atomic mass is 9.97. The molecule has 3 heterocycles. The second-order valence-electron chi connectivity index (χ2n) is 6.17. The maximum absolute atomic E-state index is 12.7. The molecule has 1 saturated heterocycles. The number of imidazole rings is 1. The van der Waals surface area contributed by atoms with E-state index >= 15 is 0 Å². The van der Waals surface area contributed by atoms with Gasteiger partial charge in [-0.2, -0.15) is 0 Å². The molecule has 1 fully saturated rings. The standard InChI is InChI=1S/C17H22N4O4/c1-24-11-13-4-5-14(25-13)17(23)21-7-2-3-12(9-21)16-19-6-8-20(16)10-15(18)22/h4-6,8,12H,2-3,7,9-11H2,1H3,(H2,18,22). The van der Waals surface area contributed by atoms with Gasteiger partial charge in [-0.05, 0) is 25.0 Å². The molecular formula is C17H22N4O4. The minimum Gasteiger partial charge on any atom is -0.453 e. The van der Waals surface area contributed by atoms with Gasteiger partial charge in [0.25, 0.3) is 5.91 Å². The Balaban J connectivity index is 1.71. The molecule has 134 valence electrons. The molecule has 1 atom stereocenters. The number of likely N-dealkylation sites (tertiary alicyclic amines) is 1. The fourth-order valence-electron chi connectivity index (χ4n) is 3.22. The molecule has 0 saturated carbocycles. The zero-order chi connectivity index (χ0) is 17.8. The Morgan fingerprint density at radius 3 is 3.04 bits per heavy atom. The van der Waals surface area contributed by atoms with Crippen molar-refractivity contribution in [3.8, 4) is 0 Å². The zero-order valence-corrected chi connectivity index (χ0v) is 14.2. The van der Waals surface area contributed by atoms with E-state index in [0.717, 1.165) is 18.7 Å². The molecule has 2 aromatic rings. The summed E-state index contributed by atoms with van der Waals surface area (Å²) >= 11 is 0. The van der Waals surface area contributed by atoms with Gasteiger partial charge < -0.3 is 24.4 Å². The van der Waals surface area contributed by atoms with Crippen LogP contribution in [0.4, 0.5) is 0 Å². The van der Waals surface area contributed by atoms with Gasteiger partial charge in [0.05, 0.1) is 0 Å². The van der Waals surface area contributed by atoms with Crippen LogP contribution in [0.15, 0.2) is 28.9 Å². The van der Waals surface area contributed by atoms with E-state index in [4.69, 9.17) is 14.9 Å². The van der Waals surface area contributed by atoms with E-state index in [1.54, 1.807) is 41.1 Å². The van der Waals surface area contributed by atoms with E-state index in [9.17, 15) is 9.59 Å². The molecule has 3 rings (SSSR count). The smallest absolute Gasteiger partial charge is 0.289 e. The topological polar surface area (TPSA) is 104 Å². The van der Waals surface area contributed by atoms with Crippen molar-refractivity contribution in [3.05, 3.63) is 41.9 Å². The Morgan fingerprint density at radius 2 is 2.28 bits per heavy atom. The summed E-state index contributed by atoms with van der Waals surface area (Å²) in [5.74, 6) is 1.24. The number of nitrogens with two attached hydrogens (primary N) is 1. The molecule has 8 heteroatoms. The SMILES string of the molecule is COCc1ccc(C(=O)N2CCCC(c3nccn3CC(N)=O)C2)o1. The molecule has 0 spiro atoms. The van der Waals surface area contributed by atoms with Crippen LogP contribution in [0.2, 0.25) is 0 Å². The minimum absolute atomic E-state index is 0.0699.